The first-order chi connectivity index (χ1) is 7.50. The standard InChI is InChI=1S/C12H19NO3/c1-3-5-10(14)13-12(11(15)16)7-4-6-9(2)8-12/h3,5,9H,4,6-8H2,1-2H3,(H,13,14)(H,15,16). The number of carbonyl (C=O) groups is 2. The van der Waals surface area contributed by atoms with Crippen molar-refractivity contribution >= 4 is 11.9 Å². The molecular weight excluding hydrogens is 206 g/mol. The molecule has 1 fully saturated rings. The second-order valence-corrected chi connectivity index (χ2v) is 4.58. The van der Waals surface area contributed by atoms with Gasteiger partial charge in [-0.2, -0.15) is 0 Å². The Morgan fingerprint density at radius 1 is 1.50 bits per heavy atom. The molecule has 4 nitrogen and oxygen atoms in total. The van der Waals surface area contributed by atoms with Gasteiger partial charge in [-0.05, 0) is 31.8 Å². The first-order valence-corrected chi connectivity index (χ1v) is 5.68. The molecule has 90 valence electrons. The highest BCUT2D eigenvalue weighted by molar-refractivity contribution is 5.93. The topological polar surface area (TPSA) is 66.4 Å². The van der Waals surface area contributed by atoms with Crippen LogP contribution in [0, 0.1) is 5.92 Å². The van der Waals surface area contributed by atoms with Gasteiger partial charge in [0.1, 0.15) is 5.54 Å². The van der Waals surface area contributed by atoms with Gasteiger partial charge < -0.3 is 10.4 Å². The molecule has 0 radical (unpaired) electrons. The summed E-state index contributed by atoms with van der Waals surface area (Å²) in [5.41, 5.74) is -1.06. The second kappa shape index (κ2) is 5.14. The van der Waals surface area contributed by atoms with Crippen molar-refractivity contribution in [2.75, 3.05) is 0 Å². The van der Waals surface area contributed by atoms with Gasteiger partial charge in [0.2, 0.25) is 5.91 Å². The summed E-state index contributed by atoms with van der Waals surface area (Å²) >= 11 is 0. The Balaban J connectivity index is 2.80. The van der Waals surface area contributed by atoms with E-state index in [1.165, 1.54) is 6.08 Å². The molecule has 0 saturated heterocycles. The van der Waals surface area contributed by atoms with E-state index in [0.29, 0.717) is 18.8 Å². The van der Waals surface area contributed by atoms with E-state index < -0.39 is 11.5 Å². The third-order valence-electron chi connectivity index (χ3n) is 3.09. The lowest BCUT2D eigenvalue weighted by atomic mass is 9.76. The maximum Gasteiger partial charge on any atom is 0.329 e. The molecule has 2 unspecified atom stereocenters. The van der Waals surface area contributed by atoms with Gasteiger partial charge in [-0.3, -0.25) is 4.79 Å². The van der Waals surface area contributed by atoms with Crippen molar-refractivity contribution in [2.45, 2.75) is 45.1 Å². The molecule has 0 spiro atoms. The van der Waals surface area contributed by atoms with Crippen LogP contribution in [-0.2, 0) is 9.59 Å². The molecule has 4 heteroatoms. The summed E-state index contributed by atoms with van der Waals surface area (Å²) in [6.45, 7) is 3.76. The van der Waals surface area contributed by atoms with Crippen LogP contribution < -0.4 is 5.32 Å². The first-order valence-electron chi connectivity index (χ1n) is 5.68. The van der Waals surface area contributed by atoms with Crippen LogP contribution in [0.5, 0.6) is 0 Å². The van der Waals surface area contributed by atoms with Crippen LogP contribution in [0.25, 0.3) is 0 Å². The highest BCUT2D eigenvalue weighted by atomic mass is 16.4. The lowest BCUT2D eigenvalue weighted by Crippen LogP contribution is -2.56. The summed E-state index contributed by atoms with van der Waals surface area (Å²) < 4.78 is 0. The molecule has 1 rings (SSSR count). The molecular formula is C12H19NO3. The highest BCUT2D eigenvalue weighted by Crippen LogP contribution is 2.32. The number of amides is 1. The number of nitrogens with one attached hydrogen (secondary N) is 1. The van der Waals surface area contributed by atoms with Gasteiger partial charge in [0.05, 0.1) is 0 Å². The molecule has 1 saturated carbocycles. The molecule has 0 aromatic rings. The second-order valence-electron chi connectivity index (χ2n) is 4.58. The Hall–Kier alpha value is -1.32. The number of hydrogen-bond donors (Lipinski definition) is 2. The number of carboxylic acids is 1. The van der Waals surface area contributed by atoms with Crippen LogP contribution >= 0.6 is 0 Å². The Morgan fingerprint density at radius 2 is 2.19 bits per heavy atom. The van der Waals surface area contributed by atoms with Crippen molar-refractivity contribution in [1.29, 1.82) is 0 Å². The monoisotopic (exact) mass is 225 g/mol. The van der Waals surface area contributed by atoms with Crippen molar-refractivity contribution in [3.8, 4) is 0 Å². The predicted molar refractivity (Wildman–Crippen MR) is 61.0 cm³/mol. The van der Waals surface area contributed by atoms with E-state index >= 15 is 0 Å². The minimum absolute atomic E-state index is 0.320. The first kappa shape index (κ1) is 12.7. The Bertz CT molecular complexity index is 311. The zero-order chi connectivity index (χ0) is 12.2. The minimum atomic E-state index is -1.06. The third kappa shape index (κ3) is 2.84. The van der Waals surface area contributed by atoms with Crippen molar-refractivity contribution < 1.29 is 14.7 Å². The Morgan fingerprint density at radius 3 is 2.69 bits per heavy atom. The number of carbonyl (C=O) groups excluding carboxylic acids is 1. The normalized spacial score (nSPS) is 30.2. The van der Waals surface area contributed by atoms with Gasteiger partial charge in [0.15, 0.2) is 0 Å². The van der Waals surface area contributed by atoms with Gasteiger partial charge in [0, 0.05) is 0 Å². The Kier molecular flexibility index (Phi) is 4.10. The van der Waals surface area contributed by atoms with Crippen molar-refractivity contribution in [3.05, 3.63) is 12.2 Å². The van der Waals surface area contributed by atoms with Crippen LogP contribution in [0.3, 0.4) is 0 Å². The molecule has 1 aliphatic carbocycles. The van der Waals surface area contributed by atoms with E-state index in [1.54, 1.807) is 13.0 Å². The van der Waals surface area contributed by atoms with Gasteiger partial charge in [-0.15, -0.1) is 0 Å². The summed E-state index contributed by atoms with van der Waals surface area (Å²) in [4.78, 5) is 22.8. The molecule has 0 heterocycles. The average Bonchev–Trinajstić information content (AvgIpc) is 2.17. The number of carboxylic acid groups (broad SMARTS) is 1. The molecule has 0 bridgehead atoms. The van der Waals surface area contributed by atoms with Crippen molar-refractivity contribution in [3.63, 3.8) is 0 Å². The molecule has 16 heavy (non-hydrogen) atoms. The fourth-order valence-electron chi connectivity index (χ4n) is 2.34. The fourth-order valence-corrected chi connectivity index (χ4v) is 2.34. The van der Waals surface area contributed by atoms with E-state index in [-0.39, 0.29) is 5.91 Å². The van der Waals surface area contributed by atoms with E-state index in [0.717, 1.165) is 12.8 Å². The van der Waals surface area contributed by atoms with Crippen LogP contribution in [-0.4, -0.2) is 22.5 Å². The molecule has 1 amide bonds. The summed E-state index contributed by atoms with van der Waals surface area (Å²) in [5.74, 6) is -0.897. The van der Waals surface area contributed by atoms with E-state index in [2.05, 4.69) is 5.32 Å². The largest absolute Gasteiger partial charge is 0.480 e. The van der Waals surface area contributed by atoms with E-state index in [1.807, 2.05) is 6.92 Å². The van der Waals surface area contributed by atoms with Crippen LogP contribution in [0.15, 0.2) is 12.2 Å². The number of allylic oxidation sites excluding steroid dienone is 1. The zero-order valence-electron chi connectivity index (χ0n) is 9.82. The van der Waals surface area contributed by atoms with E-state index in [9.17, 15) is 14.7 Å². The SMILES string of the molecule is CC=CC(=O)NC1(C(=O)O)CCCC(C)C1. The third-order valence-corrected chi connectivity index (χ3v) is 3.09. The fraction of sp³-hybridized carbons (Fsp3) is 0.667. The maximum absolute atomic E-state index is 11.5. The minimum Gasteiger partial charge on any atom is -0.480 e. The molecule has 0 aromatic heterocycles. The van der Waals surface area contributed by atoms with Gasteiger partial charge in [-0.25, -0.2) is 4.79 Å². The average molecular weight is 225 g/mol. The number of rotatable bonds is 3. The van der Waals surface area contributed by atoms with Gasteiger partial charge in [0.25, 0.3) is 0 Å². The summed E-state index contributed by atoms with van der Waals surface area (Å²) in [7, 11) is 0. The molecule has 0 aliphatic heterocycles. The number of aliphatic carboxylic acids is 1. The lowest BCUT2D eigenvalue weighted by Gasteiger charge is -2.36. The molecule has 2 N–H and O–H groups in total. The van der Waals surface area contributed by atoms with Crippen molar-refractivity contribution in [1.82, 2.24) is 5.32 Å². The number of hydrogen-bond acceptors (Lipinski definition) is 2. The summed E-state index contributed by atoms with van der Waals surface area (Å²) in [6, 6.07) is 0. The molecule has 1 aliphatic rings. The summed E-state index contributed by atoms with van der Waals surface area (Å²) in [6.07, 6.45) is 5.90. The van der Waals surface area contributed by atoms with Crippen LogP contribution in [0.1, 0.15) is 39.5 Å². The van der Waals surface area contributed by atoms with Crippen LogP contribution in [0.2, 0.25) is 0 Å². The van der Waals surface area contributed by atoms with Crippen LogP contribution in [0.4, 0.5) is 0 Å². The summed E-state index contributed by atoms with van der Waals surface area (Å²) in [5, 5.41) is 11.9. The van der Waals surface area contributed by atoms with Gasteiger partial charge >= 0.3 is 5.97 Å². The highest BCUT2D eigenvalue weighted by Gasteiger charge is 2.42. The predicted octanol–water partition coefficient (Wildman–Crippen LogP) is 1.71. The zero-order valence-corrected chi connectivity index (χ0v) is 9.82. The van der Waals surface area contributed by atoms with Crippen molar-refractivity contribution in [2.24, 2.45) is 5.92 Å². The smallest absolute Gasteiger partial charge is 0.329 e. The Labute approximate surface area is 95.7 Å². The lowest BCUT2D eigenvalue weighted by molar-refractivity contribution is -0.149. The quantitative estimate of drug-likeness (QED) is 0.718. The molecule has 0 aromatic carbocycles. The maximum atomic E-state index is 11.5. The molecule has 2 atom stereocenters. The van der Waals surface area contributed by atoms with E-state index in [4.69, 9.17) is 0 Å². The van der Waals surface area contributed by atoms with Gasteiger partial charge in [-0.1, -0.05) is 25.8 Å².